The Hall–Kier alpha value is -0.610. The summed E-state index contributed by atoms with van der Waals surface area (Å²) in [5.74, 6) is 0.139. The fraction of sp³-hybridized carbons (Fsp3) is 0.929. The lowest BCUT2D eigenvalue weighted by Crippen LogP contribution is -2.58. The highest BCUT2D eigenvalue weighted by atomic mass is 16.4. The molecule has 0 amide bonds. The molecule has 3 aliphatic carbocycles. The Balaban J connectivity index is 1.62. The van der Waals surface area contributed by atoms with Crippen LogP contribution in [0.4, 0.5) is 0 Å². The fourth-order valence-corrected chi connectivity index (χ4v) is 2.67. The number of nitrogens with one attached hydrogen (secondary N) is 1. The molecule has 3 rings (SSSR count). The van der Waals surface area contributed by atoms with Crippen molar-refractivity contribution in [2.75, 3.05) is 13.1 Å². The number of hydrogen-bond donors (Lipinski definition) is 2. The van der Waals surface area contributed by atoms with E-state index >= 15 is 0 Å². The van der Waals surface area contributed by atoms with Gasteiger partial charge in [0.05, 0.1) is 0 Å². The van der Waals surface area contributed by atoms with Gasteiger partial charge < -0.3 is 5.11 Å². The number of carbonyl (C=O) groups is 1. The van der Waals surface area contributed by atoms with E-state index in [1.54, 1.807) is 0 Å². The Bertz CT molecular complexity index is 335. The Morgan fingerprint density at radius 3 is 2.39 bits per heavy atom. The summed E-state index contributed by atoms with van der Waals surface area (Å²) >= 11 is 0. The normalized spacial score (nSPS) is 27.2. The van der Waals surface area contributed by atoms with Crippen molar-refractivity contribution < 1.29 is 9.90 Å². The third-order valence-corrected chi connectivity index (χ3v) is 4.34. The van der Waals surface area contributed by atoms with Crippen LogP contribution in [0.3, 0.4) is 0 Å². The van der Waals surface area contributed by atoms with Crippen LogP contribution in [0.15, 0.2) is 0 Å². The van der Waals surface area contributed by atoms with Crippen LogP contribution in [0.25, 0.3) is 0 Å². The molecular weight excluding hydrogens is 228 g/mol. The third-order valence-electron chi connectivity index (χ3n) is 4.34. The molecule has 0 spiro atoms. The van der Waals surface area contributed by atoms with Gasteiger partial charge in [-0.2, -0.15) is 0 Å². The lowest BCUT2D eigenvalue weighted by Gasteiger charge is -2.33. The lowest BCUT2D eigenvalue weighted by molar-refractivity contribution is -0.145. The van der Waals surface area contributed by atoms with Crippen molar-refractivity contribution >= 4 is 5.97 Å². The second kappa shape index (κ2) is 4.49. The maximum Gasteiger partial charge on any atom is 0.324 e. The van der Waals surface area contributed by atoms with E-state index in [0.29, 0.717) is 18.6 Å². The molecule has 1 atom stereocenters. The maximum absolute atomic E-state index is 11.6. The molecule has 1 unspecified atom stereocenters. The predicted molar refractivity (Wildman–Crippen MR) is 69.5 cm³/mol. The van der Waals surface area contributed by atoms with Gasteiger partial charge in [0.2, 0.25) is 0 Å². The summed E-state index contributed by atoms with van der Waals surface area (Å²) in [7, 11) is 0. The van der Waals surface area contributed by atoms with Gasteiger partial charge in [0, 0.05) is 25.2 Å². The number of rotatable bonds is 8. The molecule has 0 radical (unpaired) electrons. The smallest absolute Gasteiger partial charge is 0.324 e. The van der Waals surface area contributed by atoms with Gasteiger partial charge in [-0.1, -0.05) is 0 Å². The van der Waals surface area contributed by atoms with Gasteiger partial charge in [-0.25, -0.2) is 0 Å². The minimum Gasteiger partial charge on any atom is -0.480 e. The molecule has 3 fully saturated rings. The third kappa shape index (κ3) is 3.04. The van der Waals surface area contributed by atoms with Crippen molar-refractivity contribution in [2.45, 2.75) is 63.1 Å². The van der Waals surface area contributed by atoms with Crippen LogP contribution in [0.5, 0.6) is 0 Å². The zero-order valence-electron chi connectivity index (χ0n) is 11.2. The standard InChI is InChI=1S/C14H24N2O2/c1-14(13(17)18,15-11-4-5-11)9-16(12-6-7-12)8-10-2-3-10/h10-12,15H,2-9H2,1H3,(H,17,18). The summed E-state index contributed by atoms with van der Waals surface area (Å²) in [6, 6.07) is 1.10. The van der Waals surface area contributed by atoms with Crippen molar-refractivity contribution in [3.05, 3.63) is 0 Å². The number of carboxylic acid groups (broad SMARTS) is 1. The van der Waals surface area contributed by atoms with E-state index in [9.17, 15) is 9.90 Å². The summed E-state index contributed by atoms with van der Waals surface area (Å²) in [4.78, 5) is 14.0. The van der Waals surface area contributed by atoms with Crippen LogP contribution < -0.4 is 5.32 Å². The Morgan fingerprint density at radius 2 is 1.94 bits per heavy atom. The number of nitrogens with zero attached hydrogens (tertiary/aromatic N) is 1. The summed E-state index contributed by atoms with van der Waals surface area (Å²) in [6.07, 6.45) is 7.45. The van der Waals surface area contributed by atoms with Gasteiger partial charge in [0.15, 0.2) is 0 Å². The van der Waals surface area contributed by atoms with Crippen molar-refractivity contribution in [1.82, 2.24) is 10.2 Å². The SMILES string of the molecule is CC(CN(CC1CC1)C1CC1)(NC1CC1)C(=O)O. The molecule has 0 aliphatic heterocycles. The predicted octanol–water partition coefficient (Wildman–Crippen LogP) is 1.46. The Labute approximate surface area is 109 Å². The highest BCUT2D eigenvalue weighted by molar-refractivity contribution is 5.78. The van der Waals surface area contributed by atoms with Crippen LogP contribution in [0.1, 0.15) is 45.4 Å². The van der Waals surface area contributed by atoms with Gasteiger partial charge in [-0.05, 0) is 51.4 Å². The molecule has 4 heteroatoms. The van der Waals surface area contributed by atoms with Crippen molar-refractivity contribution in [1.29, 1.82) is 0 Å². The maximum atomic E-state index is 11.6. The Kier molecular flexibility index (Phi) is 3.10. The van der Waals surface area contributed by atoms with Gasteiger partial charge in [-0.15, -0.1) is 0 Å². The van der Waals surface area contributed by atoms with Gasteiger partial charge >= 0.3 is 5.97 Å². The average molecular weight is 252 g/mol. The van der Waals surface area contributed by atoms with Crippen molar-refractivity contribution in [3.63, 3.8) is 0 Å². The quantitative estimate of drug-likeness (QED) is 0.686. The highest BCUT2D eigenvalue weighted by Gasteiger charge is 2.43. The molecule has 0 aromatic rings. The summed E-state index contributed by atoms with van der Waals surface area (Å²) in [6.45, 7) is 3.63. The minimum absolute atomic E-state index is 0.438. The fourth-order valence-electron chi connectivity index (χ4n) is 2.67. The average Bonchev–Trinajstić information content (AvgIpc) is 3.07. The van der Waals surface area contributed by atoms with Crippen LogP contribution >= 0.6 is 0 Å². The molecular formula is C14H24N2O2. The molecule has 2 N–H and O–H groups in total. The largest absolute Gasteiger partial charge is 0.480 e. The number of carboxylic acids is 1. The van der Waals surface area contributed by atoms with E-state index in [2.05, 4.69) is 10.2 Å². The molecule has 0 heterocycles. The highest BCUT2D eigenvalue weighted by Crippen LogP contribution is 2.36. The topological polar surface area (TPSA) is 52.6 Å². The van der Waals surface area contributed by atoms with Crippen LogP contribution in [0, 0.1) is 5.92 Å². The minimum atomic E-state index is -0.765. The molecule has 18 heavy (non-hydrogen) atoms. The van der Waals surface area contributed by atoms with E-state index in [4.69, 9.17) is 0 Å². The molecule has 3 saturated carbocycles. The molecule has 0 aromatic carbocycles. The van der Waals surface area contributed by atoms with Gasteiger partial charge in [-0.3, -0.25) is 15.0 Å². The van der Waals surface area contributed by atoms with Crippen molar-refractivity contribution in [3.8, 4) is 0 Å². The number of aliphatic carboxylic acids is 1. The molecule has 0 aromatic heterocycles. The first-order valence-corrected chi connectivity index (χ1v) is 7.32. The van der Waals surface area contributed by atoms with E-state index in [1.165, 1.54) is 25.7 Å². The van der Waals surface area contributed by atoms with Gasteiger partial charge in [0.25, 0.3) is 0 Å². The first kappa shape index (κ1) is 12.4. The zero-order chi connectivity index (χ0) is 12.8. The number of hydrogen-bond acceptors (Lipinski definition) is 3. The van der Waals surface area contributed by atoms with E-state index in [-0.39, 0.29) is 0 Å². The van der Waals surface area contributed by atoms with Crippen LogP contribution in [0.2, 0.25) is 0 Å². The first-order chi connectivity index (χ1) is 8.57. The van der Waals surface area contributed by atoms with Crippen molar-refractivity contribution in [2.24, 2.45) is 5.92 Å². The monoisotopic (exact) mass is 252 g/mol. The van der Waals surface area contributed by atoms with E-state index < -0.39 is 11.5 Å². The second-order valence-electron chi connectivity index (χ2n) is 6.66. The van der Waals surface area contributed by atoms with Crippen LogP contribution in [-0.2, 0) is 4.79 Å². The molecule has 4 nitrogen and oxygen atoms in total. The first-order valence-electron chi connectivity index (χ1n) is 7.32. The lowest BCUT2D eigenvalue weighted by atomic mass is 10.0. The summed E-state index contributed by atoms with van der Waals surface area (Å²) in [5.41, 5.74) is -0.765. The second-order valence-corrected chi connectivity index (χ2v) is 6.66. The molecule has 102 valence electrons. The Morgan fingerprint density at radius 1 is 1.28 bits per heavy atom. The van der Waals surface area contributed by atoms with E-state index in [1.807, 2.05) is 6.92 Å². The van der Waals surface area contributed by atoms with Crippen LogP contribution in [-0.4, -0.2) is 46.7 Å². The summed E-state index contributed by atoms with van der Waals surface area (Å²) < 4.78 is 0. The molecule has 0 saturated heterocycles. The van der Waals surface area contributed by atoms with E-state index in [0.717, 1.165) is 25.3 Å². The van der Waals surface area contributed by atoms with Gasteiger partial charge in [0.1, 0.15) is 5.54 Å². The molecule has 0 bridgehead atoms. The molecule has 3 aliphatic rings. The summed E-state index contributed by atoms with van der Waals surface area (Å²) in [5, 5.41) is 12.9. The zero-order valence-corrected chi connectivity index (χ0v) is 11.2.